The van der Waals surface area contributed by atoms with Gasteiger partial charge >= 0.3 is 5.97 Å². The number of imidazole rings is 1. The van der Waals surface area contributed by atoms with E-state index in [0.29, 0.717) is 12.0 Å². The average molecular weight is 282 g/mol. The van der Waals surface area contributed by atoms with E-state index in [4.69, 9.17) is 16.3 Å². The predicted octanol–water partition coefficient (Wildman–Crippen LogP) is 1.99. The smallest absolute Gasteiger partial charge is 0.358 e. The van der Waals surface area contributed by atoms with Crippen LogP contribution in [0.5, 0.6) is 5.75 Å². The molecule has 0 aliphatic rings. The van der Waals surface area contributed by atoms with Crippen molar-refractivity contribution >= 4 is 23.2 Å². The molecule has 19 heavy (non-hydrogen) atoms. The van der Waals surface area contributed by atoms with Gasteiger partial charge < -0.3 is 9.84 Å². The number of rotatable bonds is 4. The molecule has 0 radical (unpaired) electrons. The summed E-state index contributed by atoms with van der Waals surface area (Å²) in [6, 6.07) is 0. The van der Waals surface area contributed by atoms with Crippen molar-refractivity contribution < 1.29 is 14.6 Å². The van der Waals surface area contributed by atoms with Crippen LogP contribution >= 0.6 is 11.6 Å². The van der Waals surface area contributed by atoms with E-state index >= 15 is 0 Å². The van der Waals surface area contributed by atoms with Crippen molar-refractivity contribution in [3.8, 4) is 5.75 Å². The molecule has 2 heterocycles. The molecule has 0 saturated carbocycles. The molecule has 0 fully saturated rings. The Labute approximate surface area is 114 Å². The number of aromatic hydroxyl groups is 1. The number of hydrogen-bond donors (Lipinski definition) is 1. The molecular formula is C12H12ClN3O3. The van der Waals surface area contributed by atoms with Gasteiger partial charge in [0.25, 0.3) is 0 Å². The van der Waals surface area contributed by atoms with Crippen LogP contribution in [0.2, 0.25) is 5.15 Å². The molecule has 0 amide bonds. The van der Waals surface area contributed by atoms with Crippen LogP contribution in [0.15, 0.2) is 18.9 Å². The maximum Gasteiger partial charge on any atom is 0.358 e. The Hall–Kier alpha value is -2.08. The van der Waals surface area contributed by atoms with Crippen LogP contribution < -0.4 is 0 Å². The van der Waals surface area contributed by atoms with Gasteiger partial charge in [-0.3, -0.25) is 0 Å². The number of carbonyl (C=O) groups excluding carboxylic acids is 1. The molecule has 100 valence electrons. The Morgan fingerprint density at radius 2 is 2.42 bits per heavy atom. The maximum absolute atomic E-state index is 11.7. The summed E-state index contributed by atoms with van der Waals surface area (Å²) in [5, 5.41) is 14.2. The quantitative estimate of drug-likeness (QED) is 0.685. The monoisotopic (exact) mass is 281 g/mol. The first-order chi connectivity index (χ1) is 9.10. The first-order valence-electron chi connectivity index (χ1n) is 5.63. The number of aromatic nitrogens is 3. The summed E-state index contributed by atoms with van der Waals surface area (Å²) < 4.78 is 6.04. The topological polar surface area (TPSA) is 76.7 Å². The Kier molecular flexibility index (Phi) is 3.71. The third-order valence-electron chi connectivity index (χ3n) is 2.51. The molecule has 0 aromatic carbocycles. The maximum atomic E-state index is 11.7. The average Bonchev–Trinajstić information content (AvgIpc) is 2.78. The minimum Gasteiger partial charge on any atom is -0.504 e. The van der Waals surface area contributed by atoms with Crippen LogP contribution in [-0.4, -0.2) is 32.3 Å². The molecule has 7 heteroatoms. The zero-order valence-corrected chi connectivity index (χ0v) is 11.0. The molecule has 6 nitrogen and oxygen atoms in total. The fraction of sp³-hybridized carbons (Fsp3) is 0.250. The molecule has 0 atom stereocenters. The molecule has 1 N–H and O–H groups in total. The summed E-state index contributed by atoms with van der Waals surface area (Å²) in [6.45, 7) is 5.51. The summed E-state index contributed by atoms with van der Waals surface area (Å²) in [4.78, 5) is 15.7. The van der Waals surface area contributed by atoms with Crippen LogP contribution in [0.1, 0.15) is 23.0 Å². The van der Waals surface area contributed by atoms with Gasteiger partial charge in [-0.15, -0.1) is 6.58 Å². The first kappa shape index (κ1) is 13.4. The SMILES string of the molecule is C=CCc1c(Cl)nn2c(C(=O)OCC)cnc2c1O. The van der Waals surface area contributed by atoms with Crippen LogP contribution in [0.25, 0.3) is 5.65 Å². The van der Waals surface area contributed by atoms with Crippen molar-refractivity contribution in [2.75, 3.05) is 6.61 Å². The Morgan fingerprint density at radius 1 is 1.68 bits per heavy atom. The third-order valence-corrected chi connectivity index (χ3v) is 2.81. The zero-order chi connectivity index (χ0) is 14.0. The fourth-order valence-electron chi connectivity index (χ4n) is 1.66. The Morgan fingerprint density at radius 3 is 3.05 bits per heavy atom. The van der Waals surface area contributed by atoms with Gasteiger partial charge in [0, 0.05) is 5.56 Å². The van der Waals surface area contributed by atoms with E-state index in [-0.39, 0.29) is 28.9 Å². The third kappa shape index (κ3) is 2.26. The van der Waals surface area contributed by atoms with Crippen LogP contribution in [0.3, 0.4) is 0 Å². The molecule has 0 bridgehead atoms. The van der Waals surface area contributed by atoms with E-state index in [1.165, 1.54) is 10.7 Å². The normalized spacial score (nSPS) is 10.6. The number of fused-ring (bicyclic) bond motifs is 1. The molecule has 0 aliphatic heterocycles. The van der Waals surface area contributed by atoms with Crippen LogP contribution in [0.4, 0.5) is 0 Å². The number of allylic oxidation sites excluding steroid dienone is 1. The number of hydrogen-bond acceptors (Lipinski definition) is 5. The van der Waals surface area contributed by atoms with Gasteiger partial charge in [0.05, 0.1) is 12.8 Å². The van der Waals surface area contributed by atoms with Crippen molar-refractivity contribution in [1.82, 2.24) is 14.6 Å². The summed E-state index contributed by atoms with van der Waals surface area (Å²) in [5.41, 5.74) is 0.689. The highest BCUT2D eigenvalue weighted by Crippen LogP contribution is 2.28. The van der Waals surface area contributed by atoms with Crippen LogP contribution in [-0.2, 0) is 11.2 Å². The van der Waals surface area contributed by atoms with Gasteiger partial charge in [-0.1, -0.05) is 17.7 Å². The van der Waals surface area contributed by atoms with E-state index in [2.05, 4.69) is 16.7 Å². The van der Waals surface area contributed by atoms with Gasteiger partial charge in [-0.25, -0.2) is 14.3 Å². The van der Waals surface area contributed by atoms with E-state index in [1.54, 1.807) is 13.0 Å². The minimum absolute atomic E-state index is 0.0912. The molecular weight excluding hydrogens is 270 g/mol. The van der Waals surface area contributed by atoms with Crippen molar-refractivity contribution in [2.45, 2.75) is 13.3 Å². The molecule has 0 unspecified atom stereocenters. The van der Waals surface area contributed by atoms with Gasteiger partial charge in [0.1, 0.15) is 0 Å². The van der Waals surface area contributed by atoms with E-state index < -0.39 is 5.97 Å². The van der Waals surface area contributed by atoms with Crippen molar-refractivity contribution in [3.63, 3.8) is 0 Å². The molecule has 2 aromatic rings. The van der Waals surface area contributed by atoms with E-state index in [0.717, 1.165) is 0 Å². The van der Waals surface area contributed by atoms with Crippen LogP contribution in [0, 0.1) is 0 Å². The van der Waals surface area contributed by atoms with Gasteiger partial charge in [0.2, 0.25) is 0 Å². The Balaban J connectivity index is 2.62. The summed E-state index contributed by atoms with van der Waals surface area (Å²) in [7, 11) is 0. The second kappa shape index (κ2) is 5.27. The number of nitrogens with zero attached hydrogens (tertiary/aromatic N) is 3. The van der Waals surface area contributed by atoms with Gasteiger partial charge in [-0.05, 0) is 13.3 Å². The number of carbonyl (C=O) groups is 1. The summed E-state index contributed by atoms with van der Waals surface area (Å²) >= 11 is 5.98. The number of halogens is 1. The molecule has 2 aromatic heterocycles. The molecule has 0 aliphatic carbocycles. The molecule has 2 rings (SSSR count). The zero-order valence-electron chi connectivity index (χ0n) is 10.3. The predicted molar refractivity (Wildman–Crippen MR) is 69.5 cm³/mol. The summed E-state index contributed by atoms with van der Waals surface area (Å²) in [5.74, 6) is -0.690. The van der Waals surface area contributed by atoms with Crippen molar-refractivity contribution in [1.29, 1.82) is 0 Å². The number of ether oxygens (including phenoxy) is 1. The highest BCUT2D eigenvalue weighted by Gasteiger charge is 2.20. The van der Waals surface area contributed by atoms with E-state index in [1.807, 2.05) is 0 Å². The highest BCUT2D eigenvalue weighted by atomic mass is 35.5. The first-order valence-corrected chi connectivity index (χ1v) is 6.01. The van der Waals surface area contributed by atoms with E-state index in [9.17, 15) is 9.90 Å². The Bertz CT molecular complexity index is 651. The largest absolute Gasteiger partial charge is 0.504 e. The summed E-state index contributed by atoms with van der Waals surface area (Å²) in [6.07, 6.45) is 3.23. The molecule has 0 saturated heterocycles. The standard InChI is InChI=1S/C12H12ClN3O3/c1-3-5-7-9(17)11-14-6-8(12(18)19-4-2)16(11)15-10(7)13/h3,6,17H,1,4-5H2,2H3. The lowest BCUT2D eigenvalue weighted by molar-refractivity contribution is 0.0516. The number of esters is 1. The lowest BCUT2D eigenvalue weighted by atomic mass is 10.2. The van der Waals surface area contributed by atoms with Crippen molar-refractivity contribution in [2.24, 2.45) is 0 Å². The minimum atomic E-state index is -0.575. The lowest BCUT2D eigenvalue weighted by Gasteiger charge is -2.06. The van der Waals surface area contributed by atoms with Gasteiger partial charge in [-0.2, -0.15) is 5.10 Å². The highest BCUT2D eigenvalue weighted by molar-refractivity contribution is 6.30. The lowest BCUT2D eigenvalue weighted by Crippen LogP contribution is -2.10. The van der Waals surface area contributed by atoms with Crippen molar-refractivity contribution in [3.05, 3.63) is 35.3 Å². The second-order valence-corrected chi connectivity index (χ2v) is 4.07. The van der Waals surface area contributed by atoms with Gasteiger partial charge in [0.15, 0.2) is 22.2 Å². The fourth-order valence-corrected chi connectivity index (χ4v) is 1.90. The molecule has 0 spiro atoms. The second-order valence-electron chi connectivity index (χ2n) is 3.71.